The zero-order valence-corrected chi connectivity index (χ0v) is 18.3. The summed E-state index contributed by atoms with van der Waals surface area (Å²) in [6.45, 7) is 2.56. The van der Waals surface area contributed by atoms with E-state index in [2.05, 4.69) is 22.1 Å². The van der Waals surface area contributed by atoms with Crippen molar-refractivity contribution in [2.75, 3.05) is 6.54 Å². The van der Waals surface area contributed by atoms with Gasteiger partial charge in [-0.2, -0.15) is 15.0 Å². The summed E-state index contributed by atoms with van der Waals surface area (Å²) in [6, 6.07) is 15.3. The van der Waals surface area contributed by atoms with Crippen LogP contribution in [0.4, 0.5) is 0 Å². The topological polar surface area (TPSA) is 73.1 Å². The molecule has 0 saturated carbocycles. The summed E-state index contributed by atoms with van der Waals surface area (Å²) < 4.78 is 6.35. The average molecular weight is 448 g/mol. The Labute approximate surface area is 190 Å². The molecule has 0 aliphatic carbocycles. The van der Waals surface area contributed by atoms with Gasteiger partial charge in [0.15, 0.2) is 0 Å². The fraction of sp³-hybridized carbons (Fsp3) is 0.250. The normalized spacial score (nSPS) is 18.6. The van der Waals surface area contributed by atoms with Gasteiger partial charge in [-0.15, -0.1) is 0 Å². The number of hydrogen-bond donors (Lipinski definition) is 0. The number of pyridine rings is 1. The van der Waals surface area contributed by atoms with E-state index < -0.39 is 0 Å². The number of fused-ring (bicyclic) bond motifs is 1. The quantitative estimate of drug-likeness (QED) is 0.429. The van der Waals surface area contributed by atoms with Crippen LogP contribution in [0.5, 0.6) is 5.75 Å². The van der Waals surface area contributed by atoms with Crippen LogP contribution in [0.1, 0.15) is 30.1 Å². The maximum Gasteiger partial charge on any atom is 0.256 e. The van der Waals surface area contributed by atoms with Crippen LogP contribution in [0.2, 0.25) is 5.15 Å². The fourth-order valence-corrected chi connectivity index (χ4v) is 4.40. The molecule has 4 aromatic rings. The van der Waals surface area contributed by atoms with Crippen LogP contribution in [0, 0.1) is 0 Å². The summed E-state index contributed by atoms with van der Waals surface area (Å²) in [4.78, 5) is 21.2. The van der Waals surface area contributed by atoms with Gasteiger partial charge in [0.05, 0.1) is 36.4 Å². The highest BCUT2D eigenvalue weighted by Crippen LogP contribution is 2.32. The van der Waals surface area contributed by atoms with Crippen LogP contribution >= 0.6 is 11.6 Å². The third-order valence-corrected chi connectivity index (χ3v) is 6.17. The van der Waals surface area contributed by atoms with Crippen molar-refractivity contribution >= 4 is 28.3 Å². The molecule has 1 saturated heterocycles. The number of hydrogen-bond acceptors (Lipinski definition) is 5. The van der Waals surface area contributed by atoms with Gasteiger partial charge >= 0.3 is 0 Å². The van der Waals surface area contributed by atoms with E-state index in [-0.39, 0.29) is 18.1 Å². The molecule has 2 aromatic heterocycles. The van der Waals surface area contributed by atoms with E-state index >= 15 is 0 Å². The number of aromatic nitrogens is 4. The van der Waals surface area contributed by atoms with Crippen LogP contribution < -0.4 is 4.74 Å². The lowest BCUT2D eigenvalue weighted by Gasteiger charge is -2.38. The van der Waals surface area contributed by atoms with Crippen LogP contribution in [0.3, 0.4) is 0 Å². The first-order chi connectivity index (χ1) is 15.6. The molecule has 7 nitrogen and oxygen atoms in total. The first-order valence-corrected chi connectivity index (χ1v) is 11.0. The molecule has 5 rings (SSSR count). The maximum atomic E-state index is 13.6. The number of likely N-dealkylation sites (tertiary alicyclic amines) is 1. The molecule has 3 heterocycles. The standard InChI is InChI=1S/C24H22ClN5O2/c1-16-10-11-17(32-22-14-26-23(25)19-7-3-2-6-18(19)22)15-29(16)24(31)20-8-4-5-9-21(20)30-27-12-13-28-30/h2-9,12-14,16-17H,10-11,15H2,1H3/t16-,17-/m1/s1. The van der Waals surface area contributed by atoms with Crippen molar-refractivity contribution in [1.82, 2.24) is 24.9 Å². The predicted octanol–water partition coefficient (Wildman–Crippen LogP) is 4.54. The van der Waals surface area contributed by atoms with E-state index in [0.717, 1.165) is 23.6 Å². The van der Waals surface area contributed by atoms with Gasteiger partial charge < -0.3 is 9.64 Å². The van der Waals surface area contributed by atoms with Crippen molar-refractivity contribution in [3.63, 3.8) is 0 Å². The van der Waals surface area contributed by atoms with Crippen molar-refractivity contribution in [2.45, 2.75) is 31.9 Å². The molecule has 1 aliphatic heterocycles. The number of para-hydroxylation sites is 1. The molecule has 2 aromatic carbocycles. The summed E-state index contributed by atoms with van der Waals surface area (Å²) in [6.07, 6.45) is 6.41. The molecule has 0 N–H and O–H groups in total. The molecule has 0 bridgehead atoms. The van der Waals surface area contributed by atoms with E-state index in [1.54, 1.807) is 18.6 Å². The Morgan fingerprint density at radius 2 is 1.75 bits per heavy atom. The van der Waals surface area contributed by atoms with Crippen LogP contribution in [0.25, 0.3) is 16.5 Å². The number of rotatable bonds is 4. The van der Waals surface area contributed by atoms with Gasteiger partial charge in [-0.1, -0.05) is 48.0 Å². The lowest BCUT2D eigenvalue weighted by Crippen LogP contribution is -2.49. The molecule has 0 spiro atoms. The molecule has 0 radical (unpaired) electrons. The summed E-state index contributed by atoms with van der Waals surface area (Å²) in [5.41, 5.74) is 1.22. The first kappa shape index (κ1) is 20.5. The third kappa shape index (κ3) is 3.80. The zero-order valence-electron chi connectivity index (χ0n) is 17.6. The number of amides is 1. The summed E-state index contributed by atoms with van der Waals surface area (Å²) in [7, 11) is 0. The van der Waals surface area contributed by atoms with Gasteiger partial charge in [-0.05, 0) is 31.9 Å². The Balaban J connectivity index is 1.41. The van der Waals surface area contributed by atoms with Crippen LogP contribution in [0.15, 0.2) is 67.1 Å². The summed E-state index contributed by atoms with van der Waals surface area (Å²) in [5, 5.41) is 10.6. The molecule has 1 amide bonds. The molecule has 162 valence electrons. The number of benzene rings is 2. The molecule has 2 atom stereocenters. The second-order valence-electron chi connectivity index (χ2n) is 7.92. The molecular weight excluding hydrogens is 426 g/mol. The van der Waals surface area contributed by atoms with Crippen molar-refractivity contribution in [3.05, 3.63) is 77.8 Å². The van der Waals surface area contributed by atoms with E-state index in [1.807, 2.05) is 53.4 Å². The largest absolute Gasteiger partial charge is 0.486 e. The highest BCUT2D eigenvalue weighted by Gasteiger charge is 2.32. The minimum Gasteiger partial charge on any atom is -0.486 e. The minimum absolute atomic E-state index is 0.0576. The van der Waals surface area contributed by atoms with Crippen molar-refractivity contribution in [3.8, 4) is 11.4 Å². The molecule has 32 heavy (non-hydrogen) atoms. The smallest absolute Gasteiger partial charge is 0.256 e. The van der Waals surface area contributed by atoms with Gasteiger partial charge in [0, 0.05) is 16.8 Å². The zero-order chi connectivity index (χ0) is 22.1. The number of ether oxygens (including phenoxy) is 1. The molecule has 0 unspecified atom stereocenters. The molecule has 1 aliphatic rings. The lowest BCUT2D eigenvalue weighted by atomic mass is 9.99. The second-order valence-corrected chi connectivity index (χ2v) is 8.28. The van der Waals surface area contributed by atoms with Crippen molar-refractivity contribution in [1.29, 1.82) is 0 Å². The summed E-state index contributed by atoms with van der Waals surface area (Å²) >= 11 is 6.25. The van der Waals surface area contributed by atoms with Gasteiger partial charge in [-0.3, -0.25) is 4.79 Å². The van der Waals surface area contributed by atoms with E-state index in [1.165, 1.54) is 4.80 Å². The highest BCUT2D eigenvalue weighted by molar-refractivity contribution is 6.34. The molecule has 1 fully saturated rings. The minimum atomic E-state index is -0.142. The predicted molar refractivity (Wildman–Crippen MR) is 122 cm³/mol. The van der Waals surface area contributed by atoms with E-state index in [0.29, 0.717) is 28.7 Å². The number of piperidine rings is 1. The van der Waals surface area contributed by atoms with Gasteiger partial charge in [0.25, 0.3) is 5.91 Å². The lowest BCUT2D eigenvalue weighted by molar-refractivity contribution is 0.0387. The summed E-state index contributed by atoms with van der Waals surface area (Å²) in [5.74, 6) is 0.621. The Bertz CT molecular complexity index is 1260. The number of carbonyl (C=O) groups excluding carboxylic acids is 1. The Kier molecular flexibility index (Phi) is 5.49. The third-order valence-electron chi connectivity index (χ3n) is 5.87. The number of halogens is 1. The maximum absolute atomic E-state index is 13.6. The highest BCUT2D eigenvalue weighted by atomic mass is 35.5. The van der Waals surface area contributed by atoms with Gasteiger partial charge in [0.2, 0.25) is 0 Å². The molecular formula is C24H22ClN5O2. The number of carbonyl (C=O) groups is 1. The fourth-order valence-electron chi connectivity index (χ4n) is 4.18. The Morgan fingerprint density at radius 3 is 2.56 bits per heavy atom. The monoisotopic (exact) mass is 447 g/mol. The van der Waals surface area contributed by atoms with Crippen LogP contribution in [-0.4, -0.2) is 49.5 Å². The van der Waals surface area contributed by atoms with Crippen molar-refractivity contribution < 1.29 is 9.53 Å². The number of nitrogens with zero attached hydrogens (tertiary/aromatic N) is 5. The average Bonchev–Trinajstić information content (AvgIpc) is 3.37. The van der Waals surface area contributed by atoms with Crippen LogP contribution in [-0.2, 0) is 0 Å². The SMILES string of the molecule is C[C@@H]1CC[C@@H](Oc2cnc(Cl)c3ccccc23)CN1C(=O)c1ccccc1-n1nccn1. The van der Waals surface area contributed by atoms with E-state index in [9.17, 15) is 4.79 Å². The molecule has 8 heteroatoms. The Hall–Kier alpha value is -3.45. The Morgan fingerprint density at radius 1 is 1.03 bits per heavy atom. The van der Waals surface area contributed by atoms with Crippen molar-refractivity contribution in [2.24, 2.45) is 0 Å². The van der Waals surface area contributed by atoms with E-state index in [4.69, 9.17) is 16.3 Å². The van der Waals surface area contributed by atoms with Gasteiger partial charge in [0.1, 0.15) is 17.0 Å². The van der Waals surface area contributed by atoms with Gasteiger partial charge in [-0.25, -0.2) is 4.98 Å². The first-order valence-electron chi connectivity index (χ1n) is 10.6. The second kappa shape index (κ2) is 8.59.